The second-order valence-corrected chi connectivity index (χ2v) is 5.65. The number of thioether (sulfide) groups is 1. The third-order valence-electron chi connectivity index (χ3n) is 2.27. The number of hydrogen-bond acceptors (Lipinski definition) is 1. The molecule has 2 aromatic carbocycles. The summed E-state index contributed by atoms with van der Waals surface area (Å²) in [7, 11) is 0. The Kier molecular flexibility index (Phi) is 3.17. The van der Waals surface area contributed by atoms with Crippen LogP contribution < -0.4 is 4.46 Å². The standard InChI is InChI=1S/C12H12SSe/c1-13-10-7-3-5-9-6-4-8-11(14-2)12(9)10/h3-8H,1-2H3. The molecule has 0 saturated carbocycles. The van der Waals surface area contributed by atoms with Gasteiger partial charge in [-0.3, -0.25) is 0 Å². The minimum absolute atomic E-state index is 0.575. The van der Waals surface area contributed by atoms with E-state index in [1.807, 2.05) is 11.8 Å². The Morgan fingerprint density at radius 1 is 1.07 bits per heavy atom. The Balaban J connectivity index is 2.81. The van der Waals surface area contributed by atoms with Crippen molar-refractivity contribution < 1.29 is 0 Å². The number of fused-ring (bicyclic) bond motifs is 1. The second kappa shape index (κ2) is 4.39. The average molecular weight is 267 g/mol. The topological polar surface area (TPSA) is 0 Å². The molecule has 2 aromatic rings. The molecule has 0 heterocycles. The van der Waals surface area contributed by atoms with Crippen LogP contribution in [0.5, 0.6) is 0 Å². The summed E-state index contributed by atoms with van der Waals surface area (Å²) < 4.78 is 1.51. The monoisotopic (exact) mass is 268 g/mol. The van der Waals surface area contributed by atoms with Gasteiger partial charge in [-0.05, 0) is 0 Å². The summed E-state index contributed by atoms with van der Waals surface area (Å²) in [6.45, 7) is 0. The molecule has 0 fully saturated rings. The van der Waals surface area contributed by atoms with E-state index in [0.29, 0.717) is 15.0 Å². The van der Waals surface area contributed by atoms with E-state index >= 15 is 0 Å². The van der Waals surface area contributed by atoms with Crippen LogP contribution in [0.4, 0.5) is 0 Å². The van der Waals surface area contributed by atoms with Gasteiger partial charge in [0.2, 0.25) is 0 Å². The molecule has 2 rings (SSSR count). The SMILES string of the molecule is CSc1cccc2cccc([Se]C)c12. The normalized spacial score (nSPS) is 10.7. The number of hydrogen-bond donors (Lipinski definition) is 0. The van der Waals surface area contributed by atoms with Gasteiger partial charge in [0.15, 0.2) is 0 Å². The molecule has 0 spiro atoms. The van der Waals surface area contributed by atoms with Gasteiger partial charge in [-0.1, -0.05) is 0 Å². The summed E-state index contributed by atoms with van der Waals surface area (Å²) >= 11 is 2.41. The van der Waals surface area contributed by atoms with Gasteiger partial charge < -0.3 is 0 Å². The summed E-state index contributed by atoms with van der Waals surface area (Å²) in [4.78, 5) is 1.40. The quantitative estimate of drug-likeness (QED) is 0.595. The zero-order valence-corrected chi connectivity index (χ0v) is 10.8. The number of benzene rings is 2. The van der Waals surface area contributed by atoms with Crippen molar-refractivity contribution in [1.82, 2.24) is 0 Å². The van der Waals surface area contributed by atoms with E-state index in [-0.39, 0.29) is 0 Å². The Hall–Kier alpha value is -0.431. The molecule has 0 amide bonds. The first-order chi connectivity index (χ1) is 6.86. The molecule has 0 bridgehead atoms. The van der Waals surface area contributed by atoms with Crippen LogP contribution in [0.1, 0.15) is 0 Å². The Labute approximate surface area is 95.2 Å². The van der Waals surface area contributed by atoms with Crippen molar-refractivity contribution in [1.29, 1.82) is 0 Å². The Bertz CT molecular complexity index is 412. The van der Waals surface area contributed by atoms with Crippen LogP contribution in [0.3, 0.4) is 0 Å². The molecule has 0 aromatic heterocycles. The van der Waals surface area contributed by atoms with Gasteiger partial charge in [0.25, 0.3) is 0 Å². The van der Waals surface area contributed by atoms with E-state index in [4.69, 9.17) is 0 Å². The third kappa shape index (κ3) is 1.70. The fraction of sp³-hybridized carbons (Fsp3) is 0.167. The van der Waals surface area contributed by atoms with Gasteiger partial charge in [0.05, 0.1) is 0 Å². The first kappa shape index (κ1) is 10.1. The zero-order valence-electron chi connectivity index (χ0n) is 8.28. The van der Waals surface area contributed by atoms with Gasteiger partial charge >= 0.3 is 95.3 Å². The first-order valence-electron chi connectivity index (χ1n) is 4.46. The van der Waals surface area contributed by atoms with Crippen molar-refractivity contribution >= 4 is 42.0 Å². The Morgan fingerprint density at radius 2 is 1.79 bits per heavy atom. The van der Waals surface area contributed by atoms with E-state index in [2.05, 4.69) is 48.5 Å². The van der Waals surface area contributed by atoms with E-state index in [9.17, 15) is 0 Å². The molecule has 0 saturated heterocycles. The molecule has 0 aliphatic carbocycles. The fourth-order valence-corrected chi connectivity index (χ4v) is 3.76. The van der Waals surface area contributed by atoms with Crippen LogP contribution in [0.25, 0.3) is 10.8 Å². The van der Waals surface area contributed by atoms with Gasteiger partial charge in [0.1, 0.15) is 0 Å². The molecular formula is C12H12SSe. The predicted molar refractivity (Wildman–Crippen MR) is 67.0 cm³/mol. The average Bonchev–Trinajstić information content (AvgIpc) is 2.27. The molecule has 0 radical (unpaired) electrons. The molecule has 0 nitrogen and oxygen atoms in total. The summed E-state index contributed by atoms with van der Waals surface area (Å²) in [5, 5.41) is 2.84. The molecular weight excluding hydrogens is 255 g/mol. The first-order valence-corrected chi connectivity index (χ1v) is 8.26. The van der Waals surface area contributed by atoms with Crippen molar-refractivity contribution in [2.24, 2.45) is 0 Å². The fourth-order valence-electron chi connectivity index (χ4n) is 1.61. The van der Waals surface area contributed by atoms with Crippen molar-refractivity contribution in [2.45, 2.75) is 10.7 Å². The van der Waals surface area contributed by atoms with E-state index in [1.54, 1.807) is 0 Å². The second-order valence-electron chi connectivity index (χ2n) is 3.02. The van der Waals surface area contributed by atoms with Crippen molar-refractivity contribution in [2.75, 3.05) is 6.26 Å². The molecule has 0 unspecified atom stereocenters. The summed E-state index contributed by atoms with van der Waals surface area (Å²) in [6, 6.07) is 13.2. The van der Waals surface area contributed by atoms with Crippen LogP contribution >= 0.6 is 11.8 Å². The number of rotatable bonds is 2. The van der Waals surface area contributed by atoms with Crippen molar-refractivity contribution in [3.05, 3.63) is 36.4 Å². The van der Waals surface area contributed by atoms with Crippen LogP contribution in [0.15, 0.2) is 41.3 Å². The molecule has 0 N–H and O–H groups in total. The van der Waals surface area contributed by atoms with Gasteiger partial charge in [-0.25, -0.2) is 0 Å². The molecule has 0 atom stereocenters. The maximum atomic E-state index is 2.28. The van der Waals surface area contributed by atoms with E-state index in [0.717, 1.165) is 0 Å². The maximum absolute atomic E-state index is 2.28. The predicted octanol–water partition coefficient (Wildman–Crippen LogP) is 2.94. The van der Waals surface area contributed by atoms with Gasteiger partial charge in [-0.2, -0.15) is 0 Å². The van der Waals surface area contributed by atoms with Crippen LogP contribution in [0, 0.1) is 0 Å². The van der Waals surface area contributed by atoms with Gasteiger partial charge in [0, 0.05) is 0 Å². The molecule has 72 valence electrons. The molecule has 0 aliphatic heterocycles. The van der Waals surface area contributed by atoms with Crippen LogP contribution in [0.2, 0.25) is 5.82 Å². The minimum atomic E-state index is 0.575. The molecule has 14 heavy (non-hydrogen) atoms. The van der Waals surface area contributed by atoms with Crippen LogP contribution in [-0.4, -0.2) is 21.2 Å². The molecule has 2 heteroatoms. The van der Waals surface area contributed by atoms with Crippen molar-refractivity contribution in [3.8, 4) is 0 Å². The summed E-state index contributed by atoms with van der Waals surface area (Å²) in [5.74, 6) is 2.28. The van der Waals surface area contributed by atoms with E-state index < -0.39 is 0 Å². The zero-order chi connectivity index (χ0) is 9.97. The van der Waals surface area contributed by atoms with E-state index in [1.165, 1.54) is 20.1 Å². The third-order valence-corrected chi connectivity index (χ3v) is 4.68. The van der Waals surface area contributed by atoms with Crippen LogP contribution in [-0.2, 0) is 0 Å². The van der Waals surface area contributed by atoms with Crippen molar-refractivity contribution in [3.63, 3.8) is 0 Å². The summed E-state index contributed by atoms with van der Waals surface area (Å²) in [6.07, 6.45) is 2.15. The van der Waals surface area contributed by atoms with Gasteiger partial charge in [-0.15, -0.1) is 0 Å². The Morgan fingerprint density at radius 3 is 2.43 bits per heavy atom. The molecule has 0 aliphatic rings. The summed E-state index contributed by atoms with van der Waals surface area (Å²) in [5.41, 5.74) is 0.